The average Bonchev–Trinajstić information content (AvgIpc) is 2.76. The van der Waals surface area contributed by atoms with E-state index in [4.69, 9.17) is 21.8 Å². The van der Waals surface area contributed by atoms with Crippen molar-refractivity contribution in [2.75, 3.05) is 11.1 Å². The molecular weight excluding hydrogens is 262 g/mol. The Bertz CT molecular complexity index is 752. The van der Waals surface area contributed by atoms with Crippen LogP contribution in [0.5, 0.6) is 0 Å². The summed E-state index contributed by atoms with van der Waals surface area (Å²) in [7, 11) is 0. The molecule has 0 spiro atoms. The molecule has 0 atom stereocenters. The van der Waals surface area contributed by atoms with Crippen molar-refractivity contribution in [3.8, 4) is 0 Å². The molecule has 0 fully saturated rings. The zero-order valence-electron chi connectivity index (χ0n) is 10.3. The molecule has 5 heteroatoms. The summed E-state index contributed by atoms with van der Waals surface area (Å²) in [6, 6.07) is 11.4. The van der Waals surface area contributed by atoms with Crippen LogP contribution in [0, 0.1) is 6.92 Å². The van der Waals surface area contributed by atoms with E-state index >= 15 is 0 Å². The minimum atomic E-state index is 0.422. The van der Waals surface area contributed by atoms with E-state index in [9.17, 15) is 0 Å². The second kappa shape index (κ2) is 4.48. The zero-order chi connectivity index (χ0) is 13.4. The summed E-state index contributed by atoms with van der Waals surface area (Å²) in [6.45, 7) is 1.94. The molecule has 0 amide bonds. The molecule has 3 aromatic rings. The Morgan fingerprint density at radius 3 is 2.95 bits per heavy atom. The van der Waals surface area contributed by atoms with Crippen LogP contribution in [-0.2, 0) is 0 Å². The van der Waals surface area contributed by atoms with E-state index in [1.54, 1.807) is 18.2 Å². The van der Waals surface area contributed by atoms with Gasteiger partial charge in [0.25, 0.3) is 6.01 Å². The van der Waals surface area contributed by atoms with Gasteiger partial charge in [-0.2, -0.15) is 4.98 Å². The van der Waals surface area contributed by atoms with E-state index in [2.05, 4.69) is 10.3 Å². The molecule has 0 aliphatic carbocycles. The van der Waals surface area contributed by atoms with Gasteiger partial charge < -0.3 is 15.5 Å². The van der Waals surface area contributed by atoms with Crippen molar-refractivity contribution in [3.63, 3.8) is 0 Å². The van der Waals surface area contributed by atoms with Crippen LogP contribution in [0.4, 0.5) is 17.4 Å². The number of oxazole rings is 1. The first-order valence-electron chi connectivity index (χ1n) is 5.82. The van der Waals surface area contributed by atoms with Gasteiger partial charge in [-0.3, -0.25) is 0 Å². The molecule has 19 heavy (non-hydrogen) atoms. The number of benzene rings is 2. The topological polar surface area (TPSA) is 64.1 Å². The van der Waals surface area contributed by atoms with E-state index in [0.29, 0.717) is 22.3 Å². The maximum Gasteiger partial charge on any atom is 0.300 e. The Morgan fingerprint density at radius 1 is 1.26 bits per heavy atom. The van der Waals surface area contributed by atoms with E-state index in [-0.39, 0.29) is 0 Å². The molecular formula is C14H12ClN3O. The Labute approximate surface area is 115 Å². The van der Waals surface area contributed by atoms with Crippen molar-refractivity contribution in [2.24, 2.45) is 0 Å². The molecule has 0 saturated heterocycles. The third-order valence-electron chi connectivity index (χ3n) is 2.92. The van der Waals surface area contributed by atoms with Crippen LogP contribution in [0.15, 0.2) is 40.8 Å². The second-order valence-electron chi connectivity index (χ2n) is 4.28. The molecule has 1 aromatic heterocycles. The standard InChI is InChI=1S/C14H12ClN3O/c1-8-10(15)3-2-4-11(8)17-14-18-12-7-9(16)5-6-13(12)19-14/h2-7H,16H2,1H3,(H,17,18). The van der Waals surface area contributed by atoms with E-state index in [1.165, 1.54) is 0 Å². The number of nitrogens with two attached hydrogens (primary N) is 1. The van der Waals surface area contributed by atoms with Crippen molar-refractivity contribution in [1.82, 2.24) is 4.98 Å². The highest BCUT2D eigenvalue weighted by atomic mass is 35.5. The zero-order valence-corrected chi connectivity index (χ0v) is 11.0. The van der Waals surface area contributed by atoms with Crippen LogP contribution >= 0.6 is 11.6 Å². The van der Waals surface area contributed by atoms with Gasteiger partial charge in [0, 0.05) is 16.4 Å². The summed E-state index contributed by atoms with van der Waals surface area (Å²) in [5.74, 6) is 0. The molecule has 0 unspecified atom stereocenters. The SMILES string of the molecule is Cc1c(Cl)cccc1Nc1nc2cc(N)ccc2o1. The van der Waals surface area contributed by atoms with Gasteiger partial charge in [-0.15, -0.1) is 0 Å². The molecule has 1 heterocycles. The van der Waals surface area contributed by atoms with Gasteiger partial charge in [-0.05, 0) is 42.8 Å². The Balaban J connectivity index is 1.99. The molecule has 0 radical (unpaired) electrons. The van der Waals surface area contributed by atoms with Gasteiger partial charge in [0.2, 0.25) is 0 Å². The lowest BCUT2D eigenvalue weighted by Crippen LogP contribution is -1.93. The molecule has 4 nitrogen and oxygen atoms in total. The maximum atomic E-state index is 6.07. The number of nitrogens with zero attached hydrogens (tertiary/aromatic N) is 1. The van der Waals surface area contributed by atoms with Gasteiger partial charge in [0.05, 0.1) is 0 Å². The van der Waals surface area contributed by atoms with Crippen molar-refractivity contribution in [2.45, 2.75) is 6.92 Å². The molecule has 0 aliphatic rings. The van der Waals surface area contributed by atoms with E-state index < -0.39 is 0 Å². The first-order chi connectivity index (χ1) is 9.13. The highest BCUT2D eigenvalue weighted by molar-refractivity contribution is 6.31. The number of anilines is 3. The number of aromatic nitrogens is 1. The van der Waals surface area contributed by atoms with Crippen LogP contribution in [0.3, 0.4) is 0 Å². The first-order valence-corrected chi connectivity index (χ1v) is 6.19. The average molecular weight is 274 g/mol. The van der Waals surface area contributed by atoms with Gasteiger partial charge in [-0.25, -0.2) is 0 Å². The van der Waals surface area contributed by atoms with E-state index in [0.717, 1.165) is 16.8 Å². The predicted octanol–water partition coefficient (Wildman–Crippen LogP) is 4.12. The molecule has 0 saturated carbocycles. The minimum Gasteiger partial charge on any atom is -0.423 e. The lowest BCUT2D eigenvalue weighted by molar-refractivity contribution is 0.623. The van der Waals surface area contributed by atoms with Crippen LogP contribution in [-0.4, -0.2) is 4.98 Å². The van der Waals surface area contributed by atoms with Gasteiger partial charge in [0.1, 0.15) is 5.52 Å². The van der Waals surface area contributed by atoms with Crippen LogP contribution in [0.2, 0.25) is 5.02 Å². The summed E-state index contributed by atoms with van der Waals surface area (Å²) in [4.78, 5) is 4.34. The first kappa shape index (κ1) is 11.9. The lowest BCUT2D eigenvalue weighted by atomic mass is 10.2. The van der Waals surface area contributed by atoms with Crippen molar-refractivity contribution in [3.05, 3.63) is 47.0 Å². The summed E-state index contributed by atoms with van der Waals surface area (Å²) < 4.78 is 5.60. The molecule has 3 rings (SSSR count). The minimum absolute atomic E-state index is 0.422. The van der Waals surface area contributed by atoms with Crippen molar-refractivity contribution in [1.29, 1.82) is 0 Å². The third-order valence-corrected chi connectivity index (χ3v) is 3.33. The molecule has 3 N–H and O–H groups in total. The highest BCUT2D eigenvalue weighted by Crippen LogP contribution is 2.28. The van der Waals surface area contributed by atoms with Gasteiger partial charge in [-0.1, -0.05) is 17.7 Å². The smallest absolute Gasteiger partial charge is 0.300 e. The molecule has 0 aliphatic heterocycles. The number of hydrogen-bond acceptors (Lipinski definition) is 4. The van der Waals surface area contributed by atoms with Crippen LogP contribution < -0.4 is 11.1 Å². The highest BCUT2D eigenvalue weighted by Gasteiger charge is 2.08. The Kier molecular flexibility index (Phi) is 2.80. The largest absolute Gasteiger partial charge is 0.423 e. The fourth-order valence-electron chi connectivity index (χ4n) is 1.86. The molecule has 0 bridgehead atoms. The normalized spacial score (nSPS) is 10.8. The Morgan fingerprint density at radius 2 is 2.11 bits per heavy atom. The molecule has 96 valence electrons. The van der Waals surface area contributed by atoms with Crippen LogP contribution in [0.1, 0.15) is 5.56 Å². The van der Waals surface area contributed by atoms with Gasteiger partial charge in [0.15, 0.2) is 5.58 Å². The summed E-state index contributed by atoms with van der Waals surface area (Å²) in [5.41, 5.74) is 9.60. The quantitative estimate of drug-likeness (QED) is 0.690. The summed E-state index contributed by atoms with van der Waals surface area (Å²) >= 11 is 6.07. The third kappa shape index (κ3) is 2.22. The fraction of sp³-hybridized carbons (Fsp3) is 0.0714. The van der Waals surface area contributed by atoms with Crippen molar-refractivity contribution >= 4 is 40.1 Å². The fourth-order valence-corrected chi connectivity index (χ4v) is 2.03. The number of nitrogens with one attached hydrogen (secondary N) is 1. The number of fused-ring (bicyclic) bond motifs is 1. The number of hydrogen-bond donors (Lipinski definition) is 2. The molecule has 2 aromatic carbocycles. The Hall–Kier alpha value is -2.20. The predicted molar refractivity (Wildman–Crippen MR) is 77.9 cm³/mol. The monoisotopic (exact) mass is 273 g/mol. The second-order valence-corrected chi connectivity index (χ2v) is 4.69. The number of rotatable bonds is 2. The summed E-state index contributed by atoms with van der Waals surface area (Å²) in [5, 5.41) is 3.82. The maximum absolute atomic E-state index is 6.07. The number of halogens is 1. The summed E-state index contributed by atoms with van der Waals surface area (Å²) in [6.07, 6.45) is 0. The van der Waals surface area contributed by atoms with E-state index in [1.807, 2.05) is 25.1 Å². The van der Waals surface area contributed by atoms with Gasteiger partial charge >= 0.3 is 0 Å². The van der Waals surface area contributed by atoms with Crippen LogP contribution in [0.25, 0.3) is 11.1 Å². The lowest BCUT2D eigenvalue weighted by Gasteiger charge is -2.06. The number of nitrogen functional groups attached to an aromatic ring is 1. The van der Waals surface area contributed by atoms with Crippen molar-refractivity contribution < 1.29 is 4.42 Å².